The Morgan fingerprint density at radius 3 is 2.52 bits per heavy atom. The van der Waals surface area contributed by atoms with Crippen molar-refractivity contribution in [2.24, 2.45) is 0 Å². The minimum atomic E-state index is -0.275. The van der Waals surface area contributed by atoms with Crippen LogP contribution < -0.4 is 5.32 Å². The van der Waals surface area contributed by atoms with Crippen LogP contribution in [-0.4, -0.2) is 48.4 Å². The van der Waals surface area contributed by atoms with Crippen LogP contribution in [0.25, 0.3) is 5.69 Å². The van der Waals surface area contributed by atoms with Gasteiger partial charge in [-0.3, -0.25) is 0 Å². The fraction of sp³-hybridized carbons (Fsp3) is 0.333. The van der Waals surface area contributed by atoms with Crippen LogP contribution in [0.5, 0.6) is 0 Å². The van der Waals surface area contributed by atoms with Crippen molar-refractivity contribution in [2.45, 2.75) is 26.8 Å². The molecular weight excluding hydrogens is 324 g/mol. The Hall–Kier alpha value is -3.30. The number of anilines is 1. The Bertz CT molecular complexity index is 855. The van der Waals surface area contributed by atoms with Gasteiger partial charge in [0, 0.05) is 19.2 Å². The van der Waals surface area contributed by atoms with Gasteiger partial charge in [-0.1, -0.05) is 6.92 Å². The van der Waals surface area contributed by atoms with Gasteiger partial charge in [-0.05, 0) is 41.6 Å². The van der Waals surface area contributed by atoms with Gasteiger partial charge in [0.25, 0.3) is 0 Å². The molecule has 0 aliphatic heterocycles. The minimum Gasteiger partial charge on any atom is -0.423 e. The SMILES string of the molecule is CCc1nnc(CN(C)C(=O)Nc2ccc(-n3nnnc3C)cc2)o1. The number of nitrogens with zero attached hydrogens (tertiary/aromatic N) is 7. The molecule has 0 radical (unpaired) electrons. The number of aryl methyl sites for hydroxylation is 2. The van der Waals surface area contributed by atoms with E-state index in [9.17, 15) is 4.79 Å². The Morgan fingerprint density at radius 2 is 1.92 bits per heavy atom. The molecule has 0 bridgehead atoms. The summed E-state index contributed by atoms with van der Waals surface area (Å²) in [5, 5.41) is 21.9. The second kappa shape index (κ2) is 7.07. The Balaban J connectivity index is 1.61. The summed E-state index contributed by atoms with van der Waals surface area (Å²) in [4.78, 5) is 13.7. The maximum atomic E-state index is 12.2. The molecule has 2 aromatic heterocycles. The second-order valence-corrected chi connectivity index (χ2v) is 5.41. The first-order valence-electron chi connectivity index (χ1n) is 7.75. The molecule has 1 N–H and O–H groups in total. The van der Waals surface area contributed by atoms with Crippen LogP contribution >= 0.6 is 0 Å². The zero-order valence-corrected chi connectivity index (χ0v) is 14.2. The van der Waals surface area contributed by atoms with Crippen LogP contribution in [0.4, 0.5) is 10.5 Å². The third-order valence-corrected chi connectivity index (χ3v) is 3.52. The molecule has 0 spiro atoms. The molecule has 3 rings (SSSR count). The highest BCUT2D eigenvalue weighted by Crippen LogP contribution is 2.14. The zero-order valence-electron chi connectivity index (χ0n) is 14.2. The fourth-order valence-electron chi connectivity index (χ4n) is 2.14. The number of urea groups is 1. The topological polar surface area (TPSA) is 115 Å². The molecule has 3 aromatic rings. The summed E-state index contributed by atoms with van der Waals surface area (Å²) in [5.41, 5.74) is 1.47. The first-order valence-corrected chi connectivity index (χ1v) is 7.75. The lowest BCUT2D eigenvalue weighted by Crippen LogP contribution is -2.30. The summed E-state index contributed by atoms with van der Waals surface area (Å²) in [6.45, 7) is 3.97. The normalized spacial score (nSPS) is 10.7. The Morgan fingerprint density at radius 1 is 1.20 bits per heavy atom. The first-order chi connectivity index (χ1) is 12.1. The van der Waals surface area contributed by atoms with Gasteiger partial charge in [0.05, 0.1) is 5.69 Å². The molecule has 0 aliphatic carbocycles. The predicted molar refractivity (Wildman–Crippen MR) is 88.1 cm³/mol. The minimum absolute atomic E-state index is 0.237. The third-order valence-electron chi connectivity index (χ3n) is 3.52. The van der Waals surface area contributed by atoms with E-state index < -0.39 is 0 Å². The molecule has 25 heavy (non-hydrogen) atoms. The second-order valence-electron chi connectivity index (χ2n) is 5.41. The van der Waals surface area contributed by atoms with Gasteiger partial charge in [-0.2, -0.15) is 4.68 Å². The van der Waals surface area contributed by atoms with Gasteiger partial charge in [0.1, 0.15) is 6.54 Å². The largest absolute Gasteiger partial charge is 0.423 e. The van der Waals surface area contributed by atoms with E-state index in [1.165, 1.54) is 4.90 Å². The van der Waals surface area contributed by atoms with E-state index in [1.807, 2.05) is 26.0 Å². The molecule has 10 heteroatoms. The van der Waals surface area contributed by atoms with Crippen LogP contribution in [-0.2, 0) is 13.0 Å². The maximum absolute atomic E-state index is 12.2. The molecule has 10 nitrogen and oxygen atoms in total. The van der Waals surface area contributed by atoms with Crippen molar-refractivity contribution in [3.8, 4) is 5.69 Å². The van der Waals surface area contributed by atoms with Crippen LogP contribution in [0.1, 0.15) is 24.5 Å². The number of benzene rings is 1. The Labute approximate surface area is 143 Å². The van der Waals surface area contributed by atoms with Gasteiger partial charge < -0.3 is 14.6 Å². The van der Waals surface area contributed by atoms with Crippen molar-refractivity contribution < 1.29 is 9.21 Å². The number of hydrogen-bond donors (Lipinski definition) is 1. The lowest BCUT2D eigenvalue weighted by molar-refractivity contribution is 0.215. The highest BCUT2D eigenvalue weighted by Gasteiger charge is 2.13. The molecule has 2 heterocycles. The molecule has 0 unspecified atom stereocenters. The van der Waals surface area contributed by atoms with E-state index in [4.69, 9.17) is 4.42 Å². The van der Waals surface area contributed by atoms with E-state index in [0.717, 1.165) is 5.69 Å². The Kier molecular flexibility index (Phi) is 4.68. The van der Waals surface area contributed by atoms with Gasteiger partial charge in [0.15, 0.2) is 5.82 Å². The molecule has 0 atom stereocenters. The van der Waals surface area contributed by atoms with E-state index >= 15 is 0 Å². The number of aromatic nitrogens is 6. The van der Waals surface area contributed by atoms with Gasteiger partial charge >= 0.3 is 6.03 Å². The molecule has 1 aromatic carbocycles. The molecule has 0 saturated heterocycles. The number of rotatable bonds is 5. The highest BCUT2D eigenvalue weighted by molar-refractivity contribution is 5.89. The molecule has 0 aliphatic rings. The van der Waals surface area contributed by atoms with E-state index in [2.05, 4.69) is 31.0 Å². The summed E-state index contributed by atoms with van der Waals surface area (Å²) in [7, 11) is 1.66. The maximum Gasteiger partial charge on any atom is 0.322 e. The molecule has 0 fully saturated rings. The first kappa shape index (κ1) is 16.6. The predicted octanol–water partition coefficient (Wildman–Crippen LogP) is 1.58. The van der Waals surface area contributed by atoms with Gasteiger partial charge in [-0.15, -0.1) is 15.3 Å². The summed E-state index contributed by atoms with van der Waals surface area (Å²) >= 11 is 0. The summed E-state index contributed by atoms with van der Waals surface area (Å²) in [6.07, 6.45) is 0.663. The van der Waals surface area contributed by atoms with Crippen molar-refractivity contribution in [1.29, 1.82) is 0 Å². The van der Waals surface area contributed by atoms with Crippen LogP contribution in [0.3, 0.4) is 0 Å². The average molecular weight is 342 g/mol. The lowest BCUT2D eigenvalue weighted by Gasteiger charge is -2.16. The van der Waals surface area contributed by atoms with E-state index in [0.29, 0.717) is 29.7 Å². The van der Waals surface area contributed by atoms with E-state index in [-0.39, 0.29) is 12.6 Å². The van der Waals surface area contributed by atoms with Crippen LogP contribution in [0, 0.1) is 6.92 Å². The van der Waals surface area contributed by atoms with Gasteiger partial charge in [-0.25, -0.2) is 4.79 Å². The van der Waals surface area contributed by atoms with Crippen molar-refractivity contribution in [1.82, 2.24) is 35.3 Å². The number of carbonyl (C=O) groups excluding carboxylic acids is 1. The monoisotopic (exact) mass is 342 g/mol. The molecule has 0 saturated carbocycles. The van der Waals surface area contributed by atoms with Crippen molar-refractivity contribution in [3.63, 3.8) is 0 Å². The van der Waals surface area contributed by atoms with E-state index in [1.54, 1.807) is 23.9 Å². The lowest BCUT2D eigenvalue weighted by atomic mass is 10.3. The number of hydrogen-bond acceptors (Lipinski definition) is 7. The molecular formula is C15H18N8O2. The summed E-state index contributed by atoms with van der Waals surface area (Å²) in [6, 6.07) is 6.94. The number of nitrogens with one attached hydrogen (secondary N) is 1. The number of carbonyl (C=O) groups is 1. The summed E-state index contributed by atoms with van der Waals surface area (Å²) < 4.78 is 7.02. The highest BCUT2D eigenvalue weighted by atomic mass is 16.4. The molecule has 130 valence electrons. The number of amides is 2. The zero-order chi connectivity index (χ0) is 17.8. The van der Waals surface area contributed by atoms with Gasteiger partial charge in [0.2, 0.25) is 11.8 Å². The van der Waals surface area contributed by atoms with Crippen LogP contribution in [0.15, 0.2) is 28.7 Å². The van der Waals surface area contributed by atoms with Crippen LogP contribution in [0.2, 0.25) is 0 Å². The number of tetrazole rings is 1. The van der Waals surface area contributed by atoms with Crippen molar-refractivity contribution in [3.05, 3.63) is 41.9 Å². The molecule has 2 amide bonds. The average Bonchev–Trinajstić information content (AvgIpc) is 3.24. The summed E-state index contributed by atoms with van der Waals surface area (Å²) in [5.74, 6) is 1.64. The van der Waals surface area contributed by atoms with Crippen molar-refractivity contribution >= 4 is 11.7 Å². The standard InChI is InChI=1S/C15H18N8O2/c1-4-13-18-19-14(25-13)9-22(3)15(24)16-11-5-7-12(8-6-11)23-10(2)17-20-21-23/h5-8H,4,9H2,1-3H3,(H,16,24). The third kappa shape index (κ3) is 3.79. The quantitative estimate of drug-likeness (QED) is 0.748. The fourth-order valence-corrected chi connectivity index (χ4v) is 2.14. The smallest absolute Gasteiger partial charge is 0.322 e. The van der Waals surface area contributed by atoms with Crippen molar-refractivity contribution in [2.75, 3.05) is 12.4 Å².